The molecule has 1 aliphatic carbocycles. The van der Waals surface area contributed by atoms with Crippen LogP contribution in [0.1, 0.15) is 88.6 Å². The molecule has 2 N–H and O–H groups in total. The lowest BCUT2D eigenvalue weighted by atomic mass is 9.90. The van der Waals surface area contributed by atoms with Gasteiger partial charge in [0.25, 0.3) is 5.36 Å². The highest BCUT2D eigenvalue weighted by Gasteiger charge is 2.37. The van der Waals surface area contributed by atoms with Gasteiger partial charge in [0, 0.05) is 59.8 Å². The number of aliphatic imine (C=N–C) groups is 1. The summed E-state index contributed by atoms with van der Waals surface area (Å²) in [7, 11) is 1.65. The summed E-state index contributed by atoms with van der Waals surface area (Å²) in [6.07, 6.45) is 7.91. The van der Waals surface area contributed by atoms with Crippen LogP contribution in [0.4, 0.5) is 13.2 Å². The molecule has 0 amide bonds. The average molecular weight is 632 g/mol. The molecule has 5 rings (SSSR count). The number of nitrogens with one attached hydrogen (secondary N) is 1. The molecule has 6 nitrogen and oxygen atoms in total. The van der Waals surface area contributed by atoms with Gasteiger partial charge in [0.05, 0.1) is 24.3 Å². The molecule has 9 heteroatoms. The first-order valence-electron chi connectivity index (χ1n) is 15.6. The molecule has 3 aromatic rings. The number of fused-ring (bicyclic) bond motifs is 1. The molecule has 2 heterocycles. The molecule has 0 saturated heterocycles. The lowest BCUT2D eigenvalue weighted by Crippen LogP contribution is -2.49. The summed E-state index contributed by atoms with van der Waals surface area (Å²) in [5, 5.41) is 16.6. The van der Waals surface area contributed by atoms with E-state index in [1.807, 2.05) is 19.9 Å². The Morgan fingerprint density at radius 1 is 1.17 bits per heavy atom. The Labute approximate surface area is 268 Å². The number of pyridine rings is 1. The van der Waals surface area contributed by atoms with Crippen molar-refractivity contribution in [3.63, 3.8) is 0 Å². The zero-order chi connectivity index (χ0) is 33.5. The van der Waals surface area contributed by atoms with Crippen molar-refractivity contribution in [2.45, 2.75) is 77.9 Å². The number of methoxy groups -OCH3 is 1. The van der Waals surface area contributed by atoms with Crippen LogP contribution in [0.3, 0.4) is 0 Å². The van der Waals surface area contributed by atoms with Crippen LogP contribution in [0.2, 0.25) is 0 Å². The van der Waals surface area contributed by atoms with Crippen molar-refractivity contribution in [1.82, 2.24) is 14.9 Å². The standard InChI is InChI=1S/C37H42F3N4O2/c1-9-12-41-22(5)28(18-42-21(4)23-13-24-19-44(25-10-11-25)36(24)33(14-23)46-8)32-16-29(37(6,7)45)34(40)35(43-32)27-15-26(20(2)3)30(38)17-31(27)39/h9,12-17,19-20,25,28,42,45H,4,10-11,18H2,1-3,5-8H3/q+1/b12-9-,41-22?. The van der Waals surface area contributed by atoms with Gasteiger partial charge in [-0.2, -0.15) is 4.58 Å². The molecule has 0 spiro atoms. The second kappa shape index (κ2) is 12.9. The summed E-state index contributed by atoms with van der Waals surface area (Å²) in [6, 6.07) is 8.10. The Morgan fingerprint density at radius 2 is 1.89 bits per heavy atom. The van der Waals surface area contributed by atoms with Crippen molar-refractivity contribution < 1.29 is 23.0 Å². The summed E-state index contributed by atoms with van der Waals surface area (Å²) in [4.78, 5) is 9.19. The largest absolute Gasteiger partial charge is 0.490 e. The van der Waals surface area contributed by atoms with E-state index in [9.17, 15) is 9.50 Å². The maximum Gasteiger partial charge on any atom is 0.261 e. The maximum atomic E-state index is 16.1. The van der Waals surface area contributed by atoms with Crippen molar-refractivity contribution in [3.05, 3.63) is 99.6 Å². The minimum Gasteiger partial charge on any atom is -0.490 e. The summed E-state index contributed by atoms with van der Waals surface area (Å²) < 4.78 is 54.0. The Bertz CT molecular complexity index is 1890. The van der Waals surface area contributed by atoms with Gasteiger partial charge in [-0.15, -0.1) is 0 Å². The van der Waals surface area contributed by atoms with Crippen molar-refractivity contribution in [3.8, 4) is 17.0 Å². The maximum absolute atomic E-state index is 16.1. The lowest BCUT2D eigenvalue weighted by Gasteiger charge is -2.25. The highest BCUT2D eigenvalue weighted by atomic mass is 19.1. The van der Waals surface area contributed by atoms with Crippen LogP contribution in [0.5, 0.6) is 5.75 Å². The molecular formula is C37H42F3N4O2+. The minimum absolute atomic E-state index is 0.0622. The fourth-order valence-corrected chi connectivity index (χ4v) is 5.74. The third-order valence-electron chi connectivity index (χ3n) is 8.56. The number of aliphatic hydroxyl groups is 1. The average Bonchev–Trinajstić information content (AvgIpc) is 3.81. The molecular weight excluding hydrogens is 589 g/mol. The van der Waals surface area contributed by atoms with E-state index >= 15 is 8.78 Å². The molecule has 2 aliphatic rings. The number of benzene rings is 2. The second-order valence-electron chi connectivity index (χ2n) is 12.9. The Morgan fingerprint density at radius 3 is 2.50 bits per heavy atom. The topological polar surface area (TPSA) is 69.8 Å². The van der Waals surface area contributed by atoms with Crippen LogP contribution in [0.25, 0.3) is 23.2 Å². The summed E-state index contributed by atoms with van der Waals surface area (Å²) in [5.74, 6) is -2.57. The highest BCUT2D eigenvalue weighted by Crippen LogP contribution is 2.36. The van der Waals surface area contributed by atoms with E-state index in [2.05, 4.69) is 38.7 Å². The fraction of sp³-hybridized carbons (Fsp3) is 0.378. The molecule has 1 aliphatic heterocycles. The number of halogens is 3. The Hall–Kier alpha value is -4.24. The van der Waals surface area contributed by atoms with E-state index in [-0.39, 0.29) is 34.8 Å². The van der Waals surface area contributed by atoms with Crippen molar-refractivity contribution in [2.24, 2.45) is 4.99 Å². The molecule has 1 atom stereocenters. The zero-order valence-electron chi connectivity index (χ0n) is 27.5. The first-order valence-corrected chi connectivity index (χ1v) is 15.6. The first kappa shape index (κ1) is 33.1. The van der Waals surface area contributed by atoms with E-state index in [1.54, 1.807) is 33.2 Å². The molecule has 1 saturated carbocycles. The quantitative estimate of drug-likeness (QED) is 0.183. The number of ether oxygens (including phenoxy) is 1. The lowest BCUT2D eigenvalue weighted by molar-refractivity contribution is 0.0743. The first-order chi connectivity index (χ1) is 21.7. The molecule has 0 bridgehead atoms. The molecule has 1 fully saturated rings. The zero-order valence-corrected chi connectivity index (χ0v) is 27.5. The van der Waals surface area contributed by atoms with Crippen LogP contribution in [-0.4, -0.2) is 35.5 Å². The van der Waals surface area contributed by atoms with Crippen LogP contribution < -0.4 is 25.2 Å². The Kier molecular flexibility index (Phi) is 9.27. The van der Waals surface area contributed by atoms with Crippen LogP contribution >= 0.6 is 0 Å². The predicted octanol–water partition coefficient (Wildman–Crippen LogP) is 6.27. The third-order valence-corrected chi connectivity index (χ3v) is 8.56. The number of rotatable bonds is 12. The molecule has 1 unspecified atom stereocenters. The third kappa shape index (κ3) is 6.51. The van der Waals surface area contributed by atoms with E-state index in [0.29, 0.717) is 23.1 Å². The van der Waals surface area contributed by atoms with Gasteiger partial charge in [0.15, 0.2) is 23.8 Å². The van der Waals surface area contributed by atoms with Gasteiger partial charge < -0.3 is 15.2 Å². The molecule has 2 aromatic carbocycles. The number of nitrogens with zero attached hydrogens (tertiary/aromatic N) is 3. The van der Waals surface area contributed by atoms with E-state index in [4.69, 9.17) is 4.74 Å². The summed E-state index contributed by atoms with van der Waals surface area (Å²) in [6.45, 7) is 14.7. The predicted molar refractivity (Wildman–Crippen MR) is 178 cm³/mol. The molecule has 46 heavy (non-hydrogen) atoms. The van der Waals surface area contributed by atoms with E-state index in [1.165, 1.54) is 38.8 Å². The van der Waals surface area contributed by atoms with E-state index in [0.717, 1.165) is 28.0 Å². The smallest absolute Gasteiger partial charge is 0.261 e. The number of hydrogen-bond acceptors (Lipinski definition) is 5. The van der Waals surface area contributed by atoms with Gasteiger partial charge >= 0.3 is 0 Å². The van der Waals surface area contributed by atoms with Gasteiger partial charge in [-0.05, 0) is 63.4 Å². The normalized spacial score (nSPS) is 15.5. The van der Waals surface area contributed by atoms with Crippen LogP contribution in [0.15, 0.2) is 54.2 Å². The van der Waals surface area contributed by atoms with Crippen molar-refractivity contribution in [1.29, 1.82) is 0 Å². The summed E-state index contributed by atoms with van der Waals surface area (Å²) >= 11 is 0. The Balaban J connectivity index is 1.57. The van der Waals surface area contributed by atoms with Gasteiger partial charge in [0.2, 0.25) is 0 Å². The van der Waals surface area contributed by atoms with Gasteiger partial charge in [0.1, 0.15) is 22.5 Å². The van der Waals surface area contributed by atoms with E-state index < -0.39 is 29.0 Å². The van der Waals surface area contributed by atoms with Gasteiger partial charge in [-0.3, -0.25) is 4.99 Å². The van der Waals surface area contributed by atoms with Crippen molar-refractivity contribution in [2.75, 3.05) is 13.7 Å². The van der Waals surface area contributed by atoms with Gasteiger partial charge in [-0.25, -0.2) is 18.2 Å². The SMILES string of the molecule is C=C(NCC(C(C)=N/C=C\C)c1cc(C(C)(C)O)c(F)c(-c2cc(C(C)C)c(F)cc2F)n1)c1cc(OC)c2c(c1)=C[N+]=2C1CC1. The molecule has 0 radical (unpaired) electrons. The summed E-state index contributed by atoms with van der Waals surface area (Å²) in [5.41, 5.74) is 0.556. The monoisotopic (exact) mass is 631 g/mol. The van der Waals surface area contributed by atoms with Crippen LogP contribution in [0, 0.1) is 17.5 Å². The number of aromatic nitrogens is 1. The second-order valence-corrected chi connectivity index (χ2v) is 12.9. The van der Waals surface area contributed by atoms with Crippen molar-refractivity contribution >= 4 is 17.6 Å². The van der Waals surface area contributed by atoms with Crippen LogP contribution in [-0.2, 0) is 5.60 Å². The number of allylic oxidation sites excluding steroid dienone is 1. The van der Waals surface area contributed by atoms with Gasteiger partial charge in [-0.1, -0.05) is 26.5 Å². The highest BCUT2D eigenvalue weighted by molar-refractivity contribution is 5.89. The molecule has 242 valence electrons. The fourth-order valence-electron chi connectivity index (χ4n) is 5.74. The molecule has 1 aromatic heterocycles. The minimum atomic E-state index is -1.63. The number of hydrogen-bond donors (Lipinski definition) is 2.